The number of nitrogens with one attached hydrogen (secondary N) is 2. The zero-order valence-corrected chi connectivity index (χ0v) is 15.7. The van der Waals surface area contributed by atoms with Crippen molar-refractivity contribution >= 4 is 51.4 Å². The molecule has 4 nitrogen and oxygen atoms in total. The molecule has 1 aromatic heterocycles. The summed E-state index contributed by atoms with van der Waals surface area (Å²) in [5.74, 6) is 0.692. The Hall–Kier alpha value is -1.12. The lowest BCUT2D eigenvalue weighted by atomic mass is 10.2. The second-order valence-corrected chi connectivity index (χ2v) is 5.71. The topological polar surface area (TPSA) is 56.7 Å². The summed E-state index contributed by atoms with van der Waals surface area (Å²) >= 11 is 1.61. The Labute approximate surface area is 152 Å². The maximum atomic E-state index is 10.3. The quantitative estimate of drug-likeness (QED) is 0.285. The molecular formula is C16H22IN3OS. The van der Waals surface area contributed by atoms with Gasteiger partial charge in [0.2, 0.25) is 0 Å². The number of thiophene rings is 1. The van der Waals surface area contributed by atoms with Crippen molar-refractivity contribution < 1.29 is 5.11 Å². The first-order valence-electron chi connectivity index (χ1n) is 7.04. The van der Waals surface area contributed by atoms with E-state index >= 15 is 0 Å². The number of nitrogens with zero attached hydrogens (tertiary/aromatic N) is 1. The van der Waals surface area contributed by atoms with Crippen LogP contribution >= 0.6 is 35.3 Å². The molecule has 0 radical (unpaired) electrons. The molecule has 2 aromatic rings. The smallest absolute Gasteiger partial charge is 0.191 e. The second-order valence-electron chi connectivity index (χ2n) is 4.59. The van der Waals surface area contributed by atoms with Crippen LogP contribution in [-0.4, -0.2) is 30.7 Å². The van der Waals surface area contributed by atoms with E-state index in [1.807, 2.05) is 25.1 Å². The summed E-state index contributed by atoms with van der Waals surface area (Å²) in [7, 11) is 0. The van der Waals surface area contributed by atoms with Gasteiger partial charge in [0, 0.05) is 22.7 Å². The molecule has 120 valence electrons. The van der Waals surface area contributed by atoms with Gasteiger partial charge < -0.3 is 15.7 Å². The summed E-state index contributed by atoms with van der Waals surface area (Å²) in [5.41, 5.74) is 0. The molecule has 2 rings (SSSR count). The van der Waals surface area contributed by atoms with Crippen LogP contribution in [0.2, 0.25) is 0 Å². The largest absolute Gasteiger partial charge is 0.386 e. The van der Waals surface area contributed by atoms with E-state index in [2.05, 4.69) is 34.3 Å². The van der Waals surface area contributed by atoms with Crippen LogP contribution < -0.4 is 10.6 Å². The lowest BCUT2D eigenvalue weighted by Crippen LogP contribution is -2.37. The van der Waals surface area contributed by atoms with E-state index in [1.54, 1.807) is 17.4 Å². The molecule has 1 heterocycles. The van der Waals surface area contributed by atoms with Gasteiger partial charge in [-0.3, -0.25) is 4.99 Å². The third-order valence-corrected chi connectivity index (χ3v) is 4.17. The van der Waals surface area contributed by atoms with Gasteiger partial charge in [0.05, 0.1) is 6.54 Å². The van der Waals surface area contributed by atoms with Gasteiger partial charge in [-0.05, 0) is 24.4 Å². The Bertz CT molecular complexity index is 594. The molecule has 3 N–H and O–H groups in total. The highest BCUT2D eigenvalue weighted by Crippen LogP contribution is 2.29. The van der Waals surface area contributed by atoms with E-state index in [0.29, 0.717) is 19.0 Å². The minimum atomic E-state index is -0.582. The Balaban J connectivity index is 0.00000242. The molecule has 0 aliphatic rings. The molecular weight excluding hydrogens is 409 g/mol. The van der Waals surface area contributed by atoms with Crippen LogP contribution in [0.1, 0.15) is 17.9 Å². The lowest BCUT2D eigenvalue weighted by Gasteiger charge is -2.11. The highest BCUT2D eigenvalue weighted by molar-refractivity contribution is 14.0. The van der Waals surface area contributed by atoms with Crippen LogP contribution in [0.5, 0.6) is 0 Å². The minimum absolute atomic E-state index is 0. The Morgan fingerprint density at radius 2 is 2.18 bits per heavy atom. The number of aliphatic hydroxyl groups is 1. The SMILES string of the molecule is C=CCNC(=NCC(O)c1cc2ccccc2s1)NCC.I. The van der Waals surface area contributed by atoms with Crippen molar-refractivity contribution in [3.63, 3.8) is 0 Å². The van der Waals surface area contributed by atoms with Crippen molar-refractivity contribution in [2.24, 2.45) is 4.99 Å². The highest BCUT2D eigenvalue weighted by Gasteiger charge is 2.11. The first-order chi connectivity index (χ1) is 10.2. The summed E-state index contributed by atoms with van der Waals surface area (Å²) in [4.78, 5) is 5.34. The van der Waals surface area contributed by atoms with Gasteiger partial charge in [0.15, 0.2) is 5.96 Å². The van der Waals surface area contributed by atoms with E-state index in [1.165, 1.54) is 4.70 Å². The molecule has 0 amide bonds. The second kappa shape index (κ2) is 9.81. The molecule has 0 saturated carbocycles. The average Bonchev–Trinajstić information content (AvgIpc) is 2.93. The number of benzene rings is 1. The maximum absolute atomic E-state index is 10.3. The molecule has 0 aliphatic heterocycles. The van der Waals surface area contributed by atoms with Crippen LogP contribution in [0.25, 0.3) is 10.1 Å². The lowest BCUT2D eigenvalue weighted by molar-refractivity contribution is 0.191. The zero-order valence-electron chi connectivity index (χ0n) is 12.6. The van der Waals surface area contributed by atoms with Gasteiger partial charge >= 0.3 is 0 Å². The third-order valence-electron chi connectivity index (χ3n) is 2.95. The van der Waals surface area contributed by atoms with E-state index < -0.39 is 6.10 Å². The van der Waals surface area contributed by atoms with Crippen LogP contribution in [-0.2, 0) is 0 Å². The van der Waals surface area contributed by atoms with E-state index in [-0.39, 0.29) is 24.0 Å². The van der Waals surface area contributed by atoms with Crippen molar-refractivity contribution in [2.45, 2.75) is 13.0 Å². The molecule has 0 aliphatic carbocycles. The summed E-state index contributed by atoms with van der Waals surface area (Å²) in [6, 6.07) is 10.2. The van der Waals surface area contributed by atoms with Crippen LogP contribution in [0.15, 0.2) is 48.0 Å². The van der Waals surface area contributed by atoms with Crippen LogP contribution in [0.3, 0.4) is 0 Å². The standard InChI is InChI=1S/C16H21N3OS.HI/c1-3-9-18-16(17-4-2)19-11-13(20)15-10-12-7-5-6-8-14(12)21-15;/h3,5-8,10,13,20H,1,4,9,11H2,2H3,(H2,17,18,19);1H. The van der Waals surface area contributed by atoms with Gasteiger partial charge in [-0.2, -0.15) is 0 Å². The Morgan fingerprint density at radius 3 is 2.86 bits per heavy atom. The molecule has 1 unspecified atom stereocenters. The summed E-state index contributed by atoms with van der Waals surface area (Å²) < 4.78 is 1.19. The number of aliphatic hydroxyl groups excluding tert-OH is 1. The summed E-state index contributed by atoms with van der Waals surface area (Å²) in [6.45, 7) is 7.43. The first kappa shape index (κ1) is 18.9. The van der Waals surface area contributed by atoms with E-state index in [0.717, 1.165) is 16.8 Å². The molecule has 1 aromatic carbocycles. The van der Waals surface area contributed by atoms with E-state index in [9.17, 15) is 5.11 Å². The summed E-state index contributed by atoms with van der Waals surface area (Å²) in [5, 5.41) is 17.7. The van der Waals surface area contributed by atoms with Crippen molar-refractivity contribution in [2.75, 3.05) is 19.6 Å². The van der Waals surface area contributed by atoms with Crippen LogP contribution in [0.4, 0.5) is 0 Å². The number of rotatable bonds is 6. The van der Waals surface area contributed by atoms with Gasteiger partial charge in [0.1, 0.15) is 6.10 Å². The number of halogens is 1. The number of guanidine groups is 1. The molecule has 1 atom stereocenters. The number of aliphatic imine (C=N–C) groups is 1. The predicted octanol–water partition coefficient (Wildman–Crippen LogP) is 3.29. The molecule has 0 fully saturated rings. The maximum Gasteiger partial charge on any atom is 0.191 e. The predicted molar refractivity (Wildman–Crippen MR) is 106 cm³/mol. The fourth-order valence-electron chi connectivity index (χ4n) is 1.94. The van der Waals surface area contributed by atoms with Gasteiger partial charge in [-0.25, -0.2) is 0 Å². The van der Waals surface area contributed by atoms with Gasteiger partial charge in [0.25, 0.3) is 0 Å². The Kier molecular flexibility index (Phi) is 8.44. The Morgan fingerprint density at radius 1 is 1.41 bits per heavy atom. The van der Waals surface area contributed by atoms with Crippen molar-refractivity contribution in [1.29, 1.82) is 0 Å². The van der Waals surface area contributed by atoms with E-state index in [4.69, 9.17) is 0 Å². The normalized spacial score (nSPS) is 12.5. The molecule has 0 bridgehead atoms. The van der Waals surface area contributed by atoms with Gasteiger partial charge in [-0.1, -0.05) is 24.3 Å². The fraction of sp³-hybridized carbons (Fsp3) is 0.312. The molecule has 6 heteroatoms. The molecule has 0 spiro atoms. The van der Waals surface area contributed by atoms with Crippen molar-refractivity contribution in [1.82, 2.24) is 10.6 Å². The molecule has 22 heavy (non-hydrogen) atoms. The monoisotopic (exact) mass is 431 g/mol. The molecule has 0 saturated heterocycles. The number of fused-ring (bicyclic) bond motifs is 1. The van der Waals surface area contributed by atoms with Gasteiger partial charge in [-0.15, -0.1) is 41.9 Å². The number of hydrogen-bond donors (Lipinski definition) is 3. The summed E-state index contributed by atoms with van der Waals surface area (Å²) in [6.07, 6.45) is 1.19. The fourth-order valence-corrected chi connectivity index (χ4v) is 2.99. The third kappa shape index (κ3) is 5.26. The first-order valence-corrected chi connectivity index (χ1v) is 7.86. The van der Waals surface area contributed by atoms with Crippen molar-refractivity contribution in [3.05, 3.63) is 47.9 Å². The number of hydrogen-bond acceptors (Lipinski definition) is 3. The zero-order chi connectivity index (χ0) is 15.1. The van der Waals surface area contributed by atoms with Crippen LogP contribution in [0, 0.1) is 0 Å². The highest BCUT2D eigenvalue weighted by atomic mass is 127. The van der Waals surface area contributed by atoms with Crippen molar-refractivity contribution in [3.8, 4) is 0 Å². The minimum Gasteiger partial charge on any atom is -0.386 e. The average molecular weight is 431 g/mol.